The SMILES string of the molecule is CCCNC(=O)N(CCC)C(=O)Nc1c(C)cccc1NC(=O)c1ccc(OC(F)(F)F)cc1. The number of rotatable bonds is 8. The predicted molar refractivity (Wildman–Crippen MR) is 122 cm³/mol. The summed E-state index contributed by atoms with van der Waals surface area (Å²) in [6.45, 7) is 6.06. The van der Waals surface area contributed by atoms with Gasteiger partial charge in [-0.15, -0.1) is 13.2 Å². The third-order valence-electron chi connectivity index (χ3n) is 4.57. The molecule has 5 amide bonds. The van der Waals surface area contributed by atoms with Crippen LogP contribution in [0.15, 0.2) is 42.5 Å². The van der Waals surface area contributed by atoms with Crippen molar-refractivity contribution in [1.82, 2.24) is 10.2 Å². The second-order valence-corrected chi connectivity index (χ2v) is 7.34. The van der Waals surface area contributed by atoms with E-state index in [1.807, 2.05) is 13.8 Å². The lowest BCUT2D eigenvalue weighted by Gasteiger charge is -2.23. The van der Waals surface area contributed by atoms with Gasteiger partial charge in [-0.05, 0) is 55.7 Å². The van der Waals surface area contributed by atoms with Crippen LogP contribution in [0.4, 0.5) is 34.1 Å². The van der Waals surface area contributed by atoms with Gasteiger partial charge in [-0.3, -0.25) is 4.79 Å². The van der Waals surface area contributed by atoms with Crippen LogP contribution < -0.4 is 20.7 Å². The fraction of sp³-hybridized carbons (Fsp3) is 0.348. The van der Waals surface area contributed by atoms with E-state index in [-0.39, 0.29) is 17.8 Å². The summed E-state index contributed by atoms with van der Waals surface area (Å²) in [6.07, 6.45) is -3.57. The Balaban J connectivity index is 2.19. The molecular weight excluding hydrogens is 453 g/mol. The number of halogens is 3. The average molecular weight is 480 g/mol. The lowest BCUT2D eigenvalue weighted by atomic mass is 10.1. The van der Waals surface area contributed by atoms with Crippen LogP contribution in [-0.4, -0.2) is 42.3 Å². The highest BCUT2D eigenvalue weighted by Gasteiger charge is 2.31. The standard InChI is InChI=1S/C23H27F3N4O4/c1-4-13-27-21(32)30(14-5-2)22(33)29-19-15(3)7-6-8-18(19)28-20(31)16-9-11-17(12-10-16)34-23(24,25)26/h6-12H,4-5,13-14H2,1-3H3,(H,27,32)(H,28,31)(H,29,33). The van der Waals surface area contributed by atoms with E-state index in [1.165, 1.54) is 12.1 Å². The number of carbonyl (C=O) groups is 3. The summed E-state index contributed by atoms with van der Waals surface area (Å²) in [6, 6.07) is 8.18. The topological polar surface area (TPSA) is 99.8 Å². The molecule has 0 aromatic heterocycles. The number of aryl methyl sites for hydroxylation is 1. The molecule has 0 aliphatic rings. The fourth-order valence-corrected chi connectivity index (χ4v) is 2.96. The number of hydrogen-bond acceptors (Lipinski definition) is 4. The van der Waals surface area contributed by atoms with E-state index < -0.39 is 30.1 Å². The fourth-order valence-electron chi connectivity index (χ4n) is 2.96. The molecule has 11 heteroatoms. The van der Waals surface area contributed by atoms with Crippen LogP contribution in [0.3, 0.4) is 0 Å². The highest BCUT2D eigenvalue weighted by atomic mass is 19.4. The molecular formula is C23H27F3N4O4. The zero-order valence-corrected chi connectivity index (χ0v) is 19.1. The Bertz CT molecular complexity index is 1010. The van der Waals surface area contributed by atoms with Gasteiger partial charge in [0.05, 0.1) is 11.4 Å². The molecule has 0 radical (unpaired) electrons. The molecule has 2 rings (SSSR count). The Kier molecular flexibility index (Phi) is 9.28. The van der Waals surface area contributed by atoms with Crippen molar-refractivity contribution in [3.05, 3.63) is 53.6 Å². The first kappa shape index (κ1) is 26.5. The molecule has 0 fully saturated rings. The van der Waals surface area contributed by atoms with Crippen molar-refractivity contribution in [2.75, 3.05) is 23.7 Å². The zero-order valence-electron chi connectivity index (χ0n) is 19.1. The van der Waals surface area contributed by atoms with Crippen LogP contribution in [0.1, 0.15) is 42.6 Å². The number of para-hydroxylation sites is 1. The first-order valence-corrected chi connectivity index (χ1v) is 10.7. The van der Waals surface area contributed by atoms with Gasteiger partial charge in [-0.25, -0.2) is 14.5 Å². The van der Waals surface area contributed by atoms with Crippen molar-refractivity contribution in [3.63, 3.8) is 0 Å². The number of imide groups is 1. The van der Waals surface area contributed by atoms with Crippen molar-refractivity contribution in [3.8, 4) is 5.75 Å². The minimum Gasteiger partial charge on any atom is -0.406 e. The molecule has 2 aromatic rings. The van der Waals surface area contributed by atoms with Crippen molar-refractivity contribution in [2.45, 2.75) is 40.0 Å². The zero-order chi connectivity index (χ0) is 25.3. The lowest BCUT2D eigenvalue weighted by molar-refractivity contribution is -0.274. The number of urea groups is 2. The molecule has 8 nitrogen and oxygen atoms in total. The summed E-state index contributed by atoms with van der Waals surface area (Å²) in [7, 11) is 0. The first-order chi connectivity index (χ1) is 16.1. The summed E-state index contributed by atoms with van der Waals surface area (Å²) in [5.74, 6) is -1.06. The van der Waals surface area contributed by atoms with Crippen LogP contribution in [-0.2, 0) is 0 Å². The number of ether oxygens (including phenoxy) is 1. The molecule has 0 saturated carbocycles. The number of hydrogen-bond donors (Lipinski definition) is 3. The molecule has 0 atom stereocenters. The van der Waals surface area contributed by atoms with Crippen LogP contribution in [0.25, 0.3) is 0 Å². The van der Waals surface area contributed by atoms with Gasteiger partial charge in [0.15, 0.2) is 0 Å². The Morgan fingerprint density at radius 3 is 2.21 bits per heavy atom. The summed E-state index contributed by atoms with van der Waals surface area (Å²) >= 11 is 0. The molecule has 0 unspecified atom stereocenters. The van der Waals surface area contributed by atoms with E-state index in [4.69, 9.17) is 0 Å². The number of carbonyl (C=O) groups excluding carboxylic acids is 3. The van der Waals surface area contributed by atoms with Gasteiger partial charge in [0.2, 0.25) is 0 Å². The molecule has 0 aliphatic heterocycles. The maximum Gasteiger partial charge on any atom is 0.573 e. The number of alkyl halides is 3. The predicted octanol–water partition coefficient (Wildman–Crippen LogP) is 5.51. The molecule has 34 heavy (non-hydrogen) atoms. The van der Waals surface area contributed by atoms with Gasteiger partial charge in [0.1, 0.15) is 5.75 Å². The van der Waals surface area contributed by atoms with Gasteiger partial charge in [-0.1, -0.05) is 26.0 Å². The first-order valence-electron chi connectivity index (χ1n) is 10.7. The Hall–Kier alpha value is -3.76. The number of nitrogens with zero attached hydrogens (tertiary/aromatic N) is 1. The van der Waals surface area contributed by atoms with E-state index in [9.17, 15) is 27.6 Å². The molecule has 184 valence electrons. The molecule has 0 saturated heterocycles. The monoisotopic (exact) mass is 480 g/mol. The van der Waals surface area contributed by atoms with Crippen molar-refractivity contribution < 1.29 is 32.3 Å². The number of nitrogens with one attached hydrogen (secondary N) is 3. The smallest absolute Gasteiger partial charge is 0.406 e. The van der Waals surface area contributed by atoms with Crippen molar-refractivity contribution in [2.24, 2.45) is 0 Å². The maximum absolute atomic E-state index is 12.9. The van der Waals surface area contributed by atoms with E-state index in [0.717, 1.165) is 17.0 Å². The largest absolute Gasteiger partial charge is 0.573 e. The van der Waals surface area contributed by atoms with Gasteiger partial charge in [0.25, 0.3) is 5.91 Å². The van der Waals surface area contributed by atoms with Crippen molar-refractivity contribution >= 4 is 29.3 Å². The molecule has 0 heterocycles. The Labute approximate surface area is 195 Å². The van der Waals surface area contributed by atoms with Crippen LogP contribution >= 0.6 is 0 Å². The van der Waals surface area contributed by atoms with Gasteiger partial charge >= 0.3 is 18.4 Å². The van der Waals surface area contributed by atoms with Crippen molar-refractivity contribution in [1.29, 1.82) is 0 Å². The molecule has 0 aliphatic carbocycles. The number of amides is 5. The third-order valence-corrected chi connectivity index (χ3v) is 4.57. The van der Waals surface area contributed by atoms with E-state index in [2.05, 4.69) is 20.7 Å². The quantitative estimate of drug-likeness (QED) is 0.464. The van der Waals surface area contributed by atoms with E-state index >= 15 is 0 Å². The average Bonchev–Trinajstić information content (AvgIpc) is 2.77. The summed E-state index contributed by atoms with van der Waals surface area (Å²) in [5.41, 5.74) is 1.27. The van der Waals surface area contributed by atoms with Gasteiger partial charge in [-0.2, -0.15) is 0 Å². The second-order valence-electron chi connectivity index (χ2n) is 7.34. The van der Waals surface area contributed by atoms with E-state index in [0.29, 0.717) is 30.6 Å². The Morgan fingerprint density at radius 2 is 1.62 bits per heavy atom. The molecule has 0 spiro atoms. The molecule has 3 N–H and O–H groups in total. The number of anilines is 2. The van der Waals surface area contributed by atoms with Crippen LogP contribution in [0.5, 0.6) is 5.75 Å². The Morgan fingerprint density at radius 1 is 0.941 bits per heavy atom. The third kappa shape index (κ3) is 7.68. The second kappa shape index (κ2) is 11.9. The van der Waals surface area contributed by atoms with Crippen LogP contribution in [0.2, 0.25) is 0 Å². The number of benzene rings is 2. The minimum atomic E-state index is -4.84. The normalized spacial score (nSPS) is 10.9. The van der Waals surface area contributed by atoms with Gasteiger partial charge < -0.3 is 20.7 Å². The summed E-state index contributed by atoms with van der Waals surface area (Å²) < 4.78 is 40.8. The summed E-state index contributed by atoms with van der Waals surface area (Å²) in [4.78, 5) is 38.9. The molecule has 0 bridgehead atoms. The highest BCUT2D eigenvalue weighted by Crippen LogP contribution is 2.27. The maximum atomic E-state index is 12.9. The minimum absolute atomic E-state index is 0.0832. The highest BCUT2D eigenvalue weighted by molar-refractivity contribution is 6.08. The van der Waals surface area contributed by atoms with Crippen LogP contribution in [0, 0.1) is 6.92 Å². The lowest BCUT2D eigenvalue weighted by Crippen LogP contribution is -2.46. The molecule has 2 aromatic carbocycles. The van der Waals surface area contributed by atoms with Gasteiger partial charge in [0, 0.05) is 18.7 Å². The summed E-state index contributed by atoms with van der Waals surface area (Å²) in [5, 5.41) is 7.98. The van der Waals surface area contributed by atoms with E-state index in [1.54, 1.807) is 25.1 Å².